The van der Waals surface area contributed by atoms with Gasteiger partial charge in [0.2, 0.25) is 5.91 Å². The minimum Gasteiger partial charge on any atom is -0.465 e. The number of benzene rings is 1. The summed E-state index contributed by atoms with van der Waals surface area (Å²) in [7, 11) is 0. The summed E-state index contributed by atoms with van der Waals surface area (Å²) in [6.45, 7) is 1.35. The molecule has 3 aromatic rings. The molecule has 0 saturated heterocycles. The number of aromatic nitrogens is 2. The van der Waals surface area contributed by atoms with E-state index in [2.05, 4.69) is 10.4 Å². The summed E-state index contributed by atoms with van der Waals surface area (Å²) in [4.78, 5) is 11.9. The van der Waals surface area contributed by atoms with E-state index in [4.69, 9.17) is 4.42 Å². The molecule has 0 saturated carbocycles. The van der Waals surface area contributed by atoms with Crippen LogP contribution in [0, 0.1) is 0 Å². The lowest BCUT2D eigenvalue weighted by Gasteiger charge is -2.20. The molecule has 0 aliphatic rings. The third kappa shape index (κ3) is 5.36. The molecule has 0 bridgehead atoms. The Balaban J connectivity index is 1.81. The number of hydrogen-bond donors (Lipinski definition) is 1. The van der Waals surface area contributed by atoms with Gasteiger partial charge in [-0.25, -0.2) is 0 Å². The molecular formula is C20H15F6N3O2. The summed E-state index contributed by atoms with van der Waals surface area (Å²) in [5, 5.41) is 6.40. The molecule has 164 valence electrons. The standard InChI is InChI=1S/C20H15F6N3O2/c1-12(16-6-4-13(19(21,22)23)9-17(16)20(24,25)26)29-11-14(10-27-29)28-18(30)7-5-15-3-2-8-31-15/h2-12H,1H3,(H,28,30)/b7-5+/t12-/m0/s1. The lowest BCUT2D eigenvalue weighted by molar-refractivity contribution is -0.143. The van der Waals surface area contributed by atoms with Crippen molar-refractivity contribution in [2.24, 2.45) is 0 Å². The Hall–Kier alpha value is -3.50. The predicted octanol–water partition coefficient (Wildman–Crippen LogP) is 5.77. The SMILES string of the molecule is C[C@@H](c1ccc(C(F)(F)F)cc1C(F)(F)F)n1cc(NC(=O)/C=C/c2ccco2)cn1. The molecule has 5 nitrogen and oxygen atoms in total. The van der Waals surface area contributed by atoms with Gasteiger partial charge < -0.3 is 9.73 Å². The Morgan fingerprint density at radius 1 is 1.16 bits per heavy atom. The Kier molecular flexibility index (Phi) is 5.96. The van der Waals surface area contributed by atoms with Crippen molar-refractivity contribution >= 4 is 17.7 Å². The number of carbonyl (C=O) groups excluding carboxylic acids is 1. The number of alkyl halides is 6. The van der Waals surface area contributed by atoms with Crippen LogP contribution in [-0.4, -0.2) is 15.7 Å². The second-order valence-corrected chi connectivity index (χ2v) is 6.52. The third-order valence-corrected chi connectivity index (χ3v) is 4.34. The van der Waals surface area contributed by atoms with E-state index < -0.39 is 35.4 Å². The van der Waals surface area contributed by atoms with Crippen LogP contribution in [0.3, 0.4) is 0 Å². The molecule has 0 spiro atoms. The van der Waals surface area contributed by atoms with Crippen molar-refractivity contribution in [1.29, 1.82) is 0 Å². The van der Waals surface area contributed by atoms with Crippen molar-refractivity contribution in [1.82, 2.24) is 9.78 Å². The highest BCUT2D eigenvalue weighted by Crippen LogP contribution is 2.39. The zero-order valence-corrected chi connectivity index (χ0v) is 15.8. The smallest absolute Gasteiger partial charge is 0.416 e. The fourth-order valence-electron chi connectivity index (χ4n) is 2.83. The number of hydrogen-bond acceptors (Lipinski definition) is 3. The van der Waals surface area contributed by atoms with Gasteiger partial charge in [-0.3, -0.25) is 9.48 Å². The van der Waals surface area contributed by atoms with Crippen LogP contribution in [0.1, 0.15) is 35.4 Å². The molecule has 1 aromatic carbocycles. The molecule has 1 amide bonds. The van der Waals surface area contributed by atoms with Gasteiger partial charge in [-0.2, -0.15) is 31.4 Å². The predicted molar refractivity (Wildman–Crippen MR) is 98.9 cm³/mol. The van der Waals surface area contributed by atoms with Crippen LogP contribution in [-0.2, 0) is 17.1 Å². The molecule has 0 radical (unpaired) electrons. The first-order valence-corrected chi connectivity index (χ1v) is 8.80. The topological polar surface area (TPSA) is 60.1 Å². The maximum atomic E-state index is 13.4. The second kappa shape index (κ2) is 8.32. The Morgan fingerprint density at radius 2 is 1.90 bits per heavy atom. The van der Waals surface area contributed by atoms with Gasteiger partial charge in [0.05, 0.1) is 35.3 Å². The van der Waals surface area contributed by atoms with E-state index in [0.29, 0.717) is 11.8 Å². The summed E-state index contributed by atoms with van der Waals surface area (Å²) in [6, 6.07) is 3.67. The number of amides is 1. The molecule has 0 aliphatic heterocycles. The number of carbonyl (C=O) groups is 1. The Morgan fingerprint density at radius 3 is 2.52 bits per heavy atom. The van der Waals surface area contributed by atoms with E-state index in [-0.39, 0.29) is 17.3 Å². The molecule has 0 unspecified atom stereocenters. The normalized spacial score (nSPS) is 13.5. The fraction of sp³-hybridized carbons (Fsp3) is 0.200. The summed E-state index contributed by atoms with van der Waals surface area (Å²) in [5.74, 6) is -0.0874. The van der Waals surface area contributed by atoms with Crippen molar-refractivity contribution in [2.45, 2.75) is 25.3 Å². The lowest BCUT2D eigenvalue weighted by Crippen LogP contribution is -2.17. The van der Waals surface area contributed by atoms with Gasteiger partial charge in [0.25, 0.3) is 0 Å². The largest absolute Gasteiger partial charge is 0.465 e. The highest BCUT2D eigenvalue weighted by molar-refractivity contribution is 6.01. The summed E-state index contributed by atoms with van der Waals surface area (Å²) in [5.41, 5.74) is -2.99. The molecule has 31 heavy (non-hydrogen) atoms. The van der Waals surface area contributed by atoms with Crippen LogP contribution in [0.2, 0.25) is 0 Å². The highest BCUT2D eigenvalue weighted by atomic mass is 19.4. The monoisotopic (exact) mass is 443 g/mol. The molecule has 0 aliphatic carbocycles. The second-order valence-electron chi connectivity index (χ2n) is 6.52. The van der Waals surface area contributed by atoms with Crippen LogP contribution >= 0.6 is 0 Å². The molecular weight excluding hydrogens is 428 g/mol. The molecule has 3 rings (SSSR count). The van der Waals surface area contributed by atoms with E-state index in [0.717, 1.165) is 10.7 Å². The summed E-state index contributed by atoms with van der Waals surface area (Å²) >= 11 is 0. The van der Waals surface area contributed by atoms with E-state index >= 15 is 0 Å². The number of rotatable bonds is 5. The van der Waals surface area contributed by atoms with Crippen molar-refractivity contribution in [3.8, 4) is 0 Å². The average molecular weight is 443 g/mol. The fourth-order valence-corrected chi connectivity index (χ4v) is 2.83. The van der Waals surface area contributed by atoms with Gasteiger partial charge in [0.15, 0.2) is 0 Å². The van der Waals surface area contributed by atoms with Crippen LogP contribution in [0.5, 0.6) is 0 Å². The number of halogens is 6. The zero-order valence-electron chi connectivity index (χ0n) is 15.8. The molecule has 2 heterocycles. The van der Waals surface area contributed by atoms with Gasteiger partial charge in [0.1, 0.15) is 5.76 Å². The van der Waals surface area contributed by atoms with Gasteiger partial charge in [-0.15, -0.1) is 0 Å². The van der Waals surface area contributed by atoms with Crippen molar-refractivity contribution < 1.29 is 35.6 Å². The van der Waals surface area contributed by atoms with Gasteiger partial charge in [-0.1, -0.05) is 6.07 Å². The Labute approximate surface area is 172 Å². The van der Waals surface area contributed by atoms with Crippen molar-refractivity contribution in [3.63, 3.8) is 0 Å². The van der Waals surface area contributed by atoms with Crippen molar-refractivity contribution in [3.05, 3.63) is 77.5 Å². The molecule has 11 heteroatoms. The molecule has 0 fully saturated rings. The van der Waals surface area contributed by atoms with Crippen molar-refractivity contribution in [2.75, 3.05) is 5.32 Å². The maximum Gasteiger partial charge on any atom is 0.416 e. The average Bonchev–Trinajstić information content (AvgIpc) is 3.36. The van der Waals surface area contributed by atoms with Gasteiger partial charge in [-0.05, 0) is 42.8 Å². The number of nitrogens with one attached hydrogen (secondary N) is 1. The number of anilines is 1. The van der Waals surface area contributed by atoms with Crippen LogP contribution in [0.4, 0.5) is 32.0 Å². The van der Waals surface area contributed by atoms with Crippen LogP contribution < -0.4 is 5.32 Å². The van der Waals surface area contributed by atoms with Gasteiger partial charge >= 0.3 is 12.4 Å². The highest BCUT2D eigenvalue weighted by Gasteiger charge is 2.39. The van der Waals surface area contributed by atoms with Crippen LogP contribution in [0.25, 0.3) is 6.08 Å². The zero-order chi connectivity index (χ0) is 22.8. The van der Waals surface area contributed by atoms with E-state index in [1.165, 1.54) is 37.7 Å². The summed E-state index contributed by atoms with van der Waals surface area (Å²) < 4.78 is 84.9. The maximum absolute atomic E-state index is 13.4. The molecule has 2 aromatic heterocycles. The van der Waals surface area contributed by atoms with E-state index in [1.54, 1.807) is 12.1 Å². The first kappa shape index (κ1) is 22.2. The minimum atomic E-state index is -4.99. The molecule has 1 N–H and O–H groups in total. The quantitative estimate of drug-likeness (QED) is 0.402. The number of furan rings is 1. The lowest BCUT2D eigenvalue weighted by atomic mass is 9.98. The Bertz CT molecular complexity index is 1080. The molecule has 1 atom stereocenters. The number of nitrogens with zero attached hydrogens (tertiary/aromatic N) is 2. The third-order valence-electron chi connectivity index (χ3n) is 4.34. The minimum absolute atomic E-state index is 0.0808. The summed E-state index contributed by atoms with van der Waals surface area (Å²) in [6.07, 6.45) is -3.37. The first-order valence-electron chi connectivity index (χ1n) is 8.80. The van der Waals surface area contributed by atoms with Gasteiger partial charge in [0, 0.05) is 12.3 Å². The van der Waals surface area contributed by atoms with E-state index in [1.807, 2.05) is 0 Å². The van der Waals surface area contributed by atoms with Crippen LogP contribution in [0.15, 0.2) is 59.5 Å². The van der Waals surface area contributed by atoms with E-state index in [9.17, 15) is 31.1 Å². The first-order chi connectivity index (χ1) is 14.4.